The van der Waals surface area contributed by atoms with Crippen molar-refractivity contribution < 1.29 is 13.9 Å². The summed E-state index contributed by atoms with van der Waals surface area (Å²) in [4.78, 5) is 14.1. The Labute approximate surface area is 167 Å². The molecule has 0 aliphatic carbocycles. The molecule has 9 heteroatoms. The number of benzene rings is 2. The van der Waals surface area contributed by atoms with Crippen LogP contribution in [0.25, 0.3) is 0 Å². The predicted octanol–water partition coefficient (Wildman–Crippen LogP) is 1.43. The lowest BCUT2D eigenvalue weighted by molar-refractivity contribution is 0.0302. The topological polar surface area (TPSA) is 135 Å². The fraction of sp³-hybridized carbons (Fsp3) is 0.200. The molecule has 7 N–H and O–H groups in total. The van der Waals surface area contributed by atoms with Gasteiger partial charge in [0.1, 0.15) is 5.82 Å². The lowest BCUT2D eigenvalue weighted by Crippen LogP contribution is -2.40. The molecule has 152 valence electrons. The predicted molar refractivity (Wildman–Crippen MR) is 110 cm³/mol. The minimum absolute atomic E-state index is 0.0123. The highest BCUT2D eigenvalue weighted by atomic mass is 19.1. The number of amides is 1. The van der Waals surface area contributed by atoms with Gasteiger partial charge in [0.05, 0.1) is 30.3 Å². The molecule has 1 aliphatic heterocycles. The highest BCUT2D eigenvalue weighted by molar-refractivity contribution is 6.13. The lowest BCUT2D eigenvalue weighted by Gasteiger charge is -2.27. The van der Waals surface area contributed by atoms with Crippen LogP contribution in [0.4, 0.5) is 15.8 Å². The zero-order valence-electron chi connectivity index (χ0n) is 15.8. The number of carbonyl (C=O) groups is 1. The van der Waals surface area contributed by atoms with Crippen LogP contribution in [-0.4, -0.2) is 42.8 Å². The van der Waals surface area contributed by atoms with E-state index in [2.05, 4.69) is 0 Å². The summed E-state index contributed by atoms with van der Waals surface area (Å²) >= 11 is 0. The van der Waals surface area contributed by atoms with E-state index in [4.69, 9.17) is 27.5 Å². The zero-order chi connectivity index (χ0) is 21.0. The van der Waals surface area contributed by atoms with E-state index in [0.717, 1.165) is 11.1 Å². The molecule has 0 unspecified atom stereocenters. The minimum atomic E-state index is -0.679. The molecule has 0 atom stereocenters. The number of rotatable bonds is 5. The zero-order valence-corrected chi connectivity index (χ0v) is 15.8. The van der Waals surface area contributed by atoms with Crippen molar-refractivity contribution in [2.45, 2.75) is 0 Å². The molecule has 1 aliphatic rings. The summed E-state index contributed by atoms with van der Waals surface area (Å²) < 4.78 is 19.8. The second-order valence-electron chi connectivity index (χ2n) is 6.52. The van der Waals surface area contributed by atoms with E-state index < -0.39 is 5.82 Å². The van der Waals surface area contributed by atoms with Gasteiger partial charge >= 0.3 is 0 Å². The maximum Gasteiger partial charge on any atom is 0.254 e. The Kier molecular flexibility index (Phi) is 6.10. The molecule has 0 saturated carbocycles. The molecular formula is C20H23FN6O2. The first kappa shape index (κ1) is 20.3. The van der Waals surface area contributed by atoms with Crippen LogP contribution in [0, 0.1) is 11.2 Å². The number of nitrogens with two attached hydrogens (primary N) is 3. The van der Waals surface area contributed by atoms with Crippen molar-refractivity contribution in [1.29, 1.82) is 5.41 Å². The summed E-state index contributed by atoms with van der Waals surface area (Å²) in [5, 5.41) is 9.15. The SMILES string of the molecule is N=C(/C(N)=C/N(N)c1ccc(C(=O)N2CCOCC2)cc1F)c1ccccc1N. The van der Waals surface area contributed by atoms with Crippen LogP contribution in [0.5, 0.6) is 0 Å². The van der Waals surface area contributed by atoms with Crippen molar-refractivity contribution in [1.82, 2.24) is 4.90 Å². The number of para-hydroxylation sites is 1. The monoisotopic (exact) mass is 398 g/mol. The van der Waals surface area contributed by atoms with Gasteiger partial charge in [0, 0.05) is 36.1 Å². The number of nitrogen functional groups attached to an aromatic ring is 1. The number of halogens is 1. The van der Waals surface area contributed by atoms with Crippen LogP contribution in [0.3, 0.4) is 0 Å². The smallest absolute Gasteiger partial charge is 0.254 e. The first-order chi connectivity index (χ1) is 13.9. The summed E-state index contributed by atoms with van der Waals surface area (Å²) in [6.07, 6.45) is 1.23. The maximum absolute atomic E-state index is 14.6. The lowest BCUT2D eigenvalue weighted by atomic mass is 10.1. The van der Waals surface area contributed by atoms with Crippen LogP contribution in [0.15, 0.2) is 54.4 Å². The molecule has 2 aromatic rings. The maximum atomic E-state index is 14.6. The molecule has 0 spiro atoms. The van der Waals surface area contributed by atoms with Gasteiger partial charge in [-0.1, -0.05) is 18.2 Å². The Morgan fingerprint density at radius 3 is 2.55 bits per heavy atom. The van der Waals surface area contributed by atoms with E-state index >= 15 is 0 Å². The molecule has 1 fully saturated rings. The average molecular weight is 398 g/mol. The molecule has 1 amide bonds. The number of anilines is 2. The first-order valence-electron chi connectivity index (χ1n) is 9.00. The summed E-state index contributed by atoms with van der Waals surface area (Å²) in [5.41, 5.74) is 12.9. The van der Waals surface area contributed by atoms with Crippen molar-refractivity contribution >= 4 is 23.0 Å². The Hall–Kier alpha value is -3.43. The van der Waals surface area contributed by atoms with Crippen LogP contribution >= 0.6 is 0 Å². The molecule has 29 heavy (non-hydrogen) atoms. The number of hydrogen-bond donors (Lipinski definition) is 4. The number of carbonyl (C=O) groups excluding carboxylic acids is 1. The van der Waals surface area contributed by atoms with E-state index in [1.54, 1.807) is 29.2 Å². The molecule has 0 aromatic heterocycles. The van der Waals surface area contributed by atoms with Gasteiger partial charge in [0.25, 0.3) is 5.91 Å². The van der Waals surface area contributed by atoms with Gasteiger partial charge in [-0.15, -0.1) is 0 Å². The van der Waals surface area contributed by atoms with Crippen molar-refractivity contribution in [3.63, 3.8) is 0 Å². The molecule has 3 rings (SSSR count). The van der Waals surface area contributed by atoms with Crippen molar-refractivity contribution in [2.24, 2.45) is 11.6 Å². The third-order valence-corrected chi connectivity index (χ3v) is 4.57. The van der Waals surface area contributed by atoms with Gasteiger partial charge in [-0.2, -0.15) is 0 Å². The fourth-order valence-corrected chi connectivity index (χ4v) is 2.96. The third kappa shape index (κ3) is 4.53. The molecule has 1 saturated heterocycles. The van der Waals surface area contributed by atoms with Crippen LogP contribution < -0.4 is 22.3 Å². The molecular weight excluding hydrogens is 375 g/mol. The molecule has 0 bridgehead atoms. The molecule has 0 radical (unpaired) electrons. The fourth-order valence-electron chi connectivity index (χ4n) is 2.96. The first-order valence-corrected chi connectivity index (χ1v) is 9.00. The second kappa shape index (κ2) is 8.72. The van der Waals surface area contributed by atoms with Gasteiger partial charge in [-0.3, -0.25) is 15.2 Å². The van der Waals surface area contributed by atoms with E-state index in [1.807, 2.05) is 0 Å². The van der Waals surface area contributed by atoms with Crippen molar-refractivity contribution in [2.75, 3.05) is 37.0 Å². The molecule has 8 nitrogen and oxygen atoms in total. The van der Waals surface area contributed by atoms with E-state index in [1.165, 1.54) is 18.3 Å². The summed E-state index contributed by atoms with van der Waals surface area (Å²) in [6.45, 7) is 1.86. The number of nitrogens with one attached hydrogen (secondary N) is 1. The number of nitrogens with zero attached hydrogens (tertiary/aromatic N) is 2. The Bertz CT molecular complexity index is 956. The van der Waals surface area contributed by atoms with Gasteiger partial charge in [-0.05, 0) is 24.3 Å². The standard InChI is InChI=1S/C20H23FN6O2/c21-15-11-13(20(28)26-7-9-29-10-8-26)5-6-18(15)27(25)12-17(23)19(24)14-3-1-2-4-16(14)22/h1-6,11-12,24H,7-10,22-23,25H2/b17-12-,24-19?. The Morgan fingerprint density at radius 1 is 1.21 bits per heavy atom. The Morgan fingerprint density at radius 2 is 1.90 bits per heavy atom. The van der Waals surface area contributed by atoms with Crippen molar-refractivity contribution in [3.8, 4) is 0 Å². The quantitative estimate of drug-likeness (QED) is 0.260. The van der Waals surface area contributed by atoms with E-state index in [0.29, 0.717) is 37.6 Å². The second-order valence-corrected chi connectivity index (χ2v) is 6.52. The largest absolute Gasteiger partial charge is 0.398 e. The summed E-state index contributed by atoms with van der Waals surface area (Å²) in [7, 11) is 0. The highest BCUT2D eigenvalue weighted by Gasteiger charge is 2.20. The highest BCUT2D eigenvalue weighted by Crippen LogP contribution is 2.21. The average Bonchev–Trinajstić information content (AvgIpc) is 2.73. The number of allylic oxidation sites excluding steroid dienone is 1. The number of morpholine rings is 1. The molecule has 2 aromatic carbocycles. The number of hydrazine groups is 1. The van der Waals surface area contributed by atoms with Crippen molar-refractivity contribution in [3.05, 3.63) is 71.3 Å². The van der Waals surface area contributed by atoms with Gasteiger partial charge in [0.2, 0.25) is 0 Å². The van der Waals surface area contributed by atoms with Crippen LogP contribution in [0.2, 0.25) is 0 Å². The molecule has 1 heterocycles. The normalized spacial score (nSPS) is 14.6. The van der Waals surface area contributed by atoms with Gasteiger partial charge in [-0.25, -0.2) is 10.2 Å². The van der Waals surface area contributed by atoms with E-state index in [-0.39, 0.29) is 28.6 Å². The summed E-state index contributed by atoms with van der Waals surface area (Å²) in [6, 6.07) is 10.8. The summed E-state index contributed by atoms with van der Waals surface area (Å²) in [5.74, 6) is 4.97. The number of hydrogen-bond acceptors (Lipinski definition) is 7. The third-order valence-electron chi connectivity index (χ3n) is 4.57. The van der Waals surface area contributed by atoms with Crippen LogP contribution in [-0.2, 0) is 4.74 Å². The minimum Gasteiger partial charge on any atom is -0.398 e. The van der Waals surface area contributed by atoms with Gasteiger partial charge in [0.15, 0.2) is 0 Å². The van der Waals surface area contributed by atoms with Gasteiger partial charge < -0.3 is 21.1 Å². The number of ether oxygens (including phenoxy) is 1. The Balaban J connectivity index is 1.77. The van der Waals surface area contributed by atoms with Crippen LogP contribution in [0.1, 0.15) is 15.9 Å². The van der Waals surface area contributed by atoms with E-state index in [9.17, 15) is 9.18 Å².